The fraction of sp³-hybridized carbons (Fsp3) is 0.647. The van der Waals surface area contributed by atoms with E-state index in [1.165, 1.54) is 39.0 Å². The second-order valence-electron chi connectivity index (χ2n) is 6.02. The number of carbonyl (C=O) groups excluding carboxylic acids is 2. The van der Waals surface area contributed by atoms with E-state index in [-0.39, 0.29) is 11.7 Å². The van der Waals surface area contributed by atoms with Gasteiger partial charge in [0.25, 0.3) is 5.91 Å². The lowest BCUT2D eigenvalue weighted by molar-refractivity contribution is 0.0273. The predicted molar refractivity (Wildman–Crippen MR) is 85.2 cm³/mol. The fourth-order valence-corrected chi connectivity index (χ4v) is 2.83. The van der Waals surface area contributed by atoms with Crippen LogP contribution in [0.3, 0.4) is 0 Å². The third kappa shape index (κ3) is 4.70. The van der Waals surface area contributed by atoms with Crippen molar-refractivity contribution in [3.05, 3.63) is 23.5 Å². The molecule has 1 saturated carbocycles. The molecular formula is C17H26N2O3. The monoisotopic (exact) mass is 306 g/mol. The van der Waals surface area contributed by atoms with E-state index in [4.69, 9.17) is 4.74 Å². The molecule has 1 fully saturated rings. The van der Waals surface area contributed by atoms with Gasteiger partial charge in [-0.2, -0.15) is 0 Å². The van der Waals surface area contributed by atoms with Crippen LogP contribution in [0.5, 0.6) is 0 Å². The molecule has 1 aliphatic rings. The number of hydrogen-bond donors (Lipinski definition) is 1. The highest BCUT2D eigenvalue weighted by atomic mass is 16.5. The van der Waals surface area contributed by atoms with Gasteiger partial charge < -0.3 is 14.6 Å². The van der Waals surface area contributed by atoms with Crippen LogP contribution >= 0.6 is 0 Å². The van der Waals surface area contributed by atoms with Crippen molar-refractivity contribution in [3.63, 3.8) is 0 Å². The van der Waals surface area contributed by atoms with Crippen LogP contribution in [0.2, 0.25) is 0 Å². The van der Waals surface area contributed by atoms with Crippen LogP contribution in [-0.4, -0.2) is 35.5 Å². The molecule has 1 N–H and O–H groups in total. The Balaban J connectivity index is 1.68. The molecule has 1 heterocycles. The minimum absolute atomic E-state index is 0.0319. The van der Waals surface area contributed by atoms with Gasteiger partial charge in [0.2, 0.25) is 0 Å². The number of aromatic nitrogens is 1. The number of nitrogens with one attached hydrogen (secondary N) is 1. The van der Waals surface area contributed by atoms with Gasteiger partial charge in [-0.3, -0.25) is 9.59 Å². The zero-order chi connectivity index (χ0) is 15.9. The fourth-order valence-electron chi connectivity index (χ4n) is 2.83. The molecule has 2 rings (SSSR count). The largest absolute Gasteiger partial charge is 0.378 e. The standard InChI is InChI=1S/C17H26N2O3/c1-13(20)14-11-16(19(2)12-14)17(21)18-9-6-10-22-15-7-4-3-5-8-15/h11-12,15H,3-10H2,1-2H3,(H,18,21). The molecule has 1 aromatic heterocycles. The van der Waals surface area contributed by atoms with Gasteiger partial charge in [-0.15, -0.1) is 0 Å². The van der Waals surface area contributed by atoms with Crippen molar-refractivity contribution in [1.29, 1.82) is 0 Å². The number of ether oxygens (including phenoxy) is 1. The number of hydrogen-bond acceptors (Lipinski definition) is 3. The van der Waals surface area contributed by atoms with E-state index in [0.717, 1.165) is 6.42 Å². The van der Waals surface area contributed by atoms with Gasteiger partial charge in [0.05, 0.1) is 6.10 Å². The number of aryl methyl sites for hydroxylation is 1. The first kappa shape index (κ1) is 16.7. The average molecular weight is 306 g/mol. The van der Waals surface area contributed by atoms with E-state index in [0.29, 0.717) is 30.5 Å². The smallest absolute Gasteiger partial charge is 0.267 e. The maximum Gasteiger partial charge on any atom is 0.267 e. The summed E-state index contributed by atoms with van der Waals surface area (Å²) in [5.74, 6) is -0.178. The lowest BCUT2D eigenvalue weighted by Crippen LogP contribution is -2.27. The Morgan fingerprint density at radius 3 is 2.68 bits per heavy atom. The normalized spacial score (nSPS) is 15.7. The molecular weight excluding hydrogens is 280 g/mol. The second kappa shape index (κ2) is 8.13. The van der Waals surface area contributed by atoms with Gasteiger partial charge in [0.1, 0.15) is 5.69 Å². The molecule has 1 aliphatic carbocycles. The van der Waals surface area contributed by atoms with Crippen molar-refractivity contribution < 1.29 is 14.3 Å². The van der Waals surface area contributed by atoms with E-state index in [1.54, 1.807) is 23.9 Å². The quantitative estimate of drug-likeness (QED) is 0.622. The third-order valence-corrected chi connectivity index (χ3v) is 4.16. The first-order chi connectivity index (χ1) is 10.6. The highest BCUT2D eigenvalue weighted by Crippen LogP contribution is 2.20. The molecule has 22 heavy (non-hydrogen) atoms. The number of nitrogens with zero attached hydrogens (tertiary/aromatic N) is 1. The topological polar surface area (TPSA) is 60.3 Å². The van der Waals surface area contributed by atoms with Crippen molar-refractivity contribution in [2.45, 2.75) is 51.6 Å². The van der Waals surface area contributed by atoms with Crippen LogP contribution in [0, 0.1) is 0 Å². The lowest BCUT2D eigenvalue weighted by atomic mass is 9.98. The second-order valence-corrected chi connectivity index (χ2v) is 6.02. The van der Waals surface area contributed by atoms with Crippen LogP contribution in [0.25, 0.3) is 0 Å². The summed E-state index contributed by atoms with van der Waals surface area (Å²) in [6.45, 7) is 2.78. The van der Waals surface area contributed by atoms with Crippen LogP contribution in [0.1, 0.15) is 66.3 Å². The van der Waals surface area contributed by atoms with Crippen molar-refractivity contribution >= 4 is 11.7 Å². The van der Waals surface area contributed by atoms with Gasteiger partial charge in [-0.05, 0) is 32.3 Å². The molecule has 0 aromatic carbocycles. The molecule has 0 saturated heterocycles. The van der Waals surface area contributed by atoms with Crippen molar-refractivity contribution in [3.8, 4) is 0 Å². The predicted octanol–water partition coefficient (Wildman–Crippen LogP) is 2.70. The Morgan fingerprint density at radius 2 is 2.05 bits per heavy atom. The molecule has 0 bridgehead atoms. The molecule has 5 heteroatoms. The van der Waals surface area contributed by atoms with Gasteiger partial charge in [-0.25, -0.2) is 0 Å². The molecule has 122 valence electrons. The van der Waals surface area contributed by atoms with Crippen LogP contribution in [0.4, 0.5) is 0 Å². The van der Waals surface area contributed by atoms with Crippen molar-refractivity contribution in [2.75, 3.05) is 13.2 Å². The zero-order valence-corrected chi connectivity index (χ0v) is 13.6. The Kier molecular flexibility index (Phi) is 6.19. The Labute approximate surface area is 132 Å². The first-order valence-electron chi connectivity index (χ1n) is 8.15. The first-order valence-corrected chi connectivity index (χ1v) is 8.15. The van der Waals surface area contributed by atoms with E-state index in [9.17, 15) is 9.59 Å². The number of ketones is 1. The van der Waals surface area contributed by atoms with Crippen LogP contribution in [-0.2, 0) is 11.8 Å². The highest BCUT2D eigenvalue weighted by molar-refractivity contribution is 5.99. The van der Waals surface area contributed by atoms with E-state index >= 15 is 0 Å². The van der Waals surface area contributed by atoms with Crippen molar-refractivity contribution in [1.82, 2.24) is 9.88 Å². The van der Waals surface area contributed by atoms with E-state index in [1.807, 2.05) is 0 Å². The van der Waals surface area contributed by atoms with Gasteiger partial charge in [0, 0.05) is 32.0 Å². The van der Waals surface area contributed by atoms with Crippen LogP contribution < -0.4 is 5.32 Å². The summed E-state index contributed by atoms with van der Waals surface area (Å²) in [5, 5.41) is 2.88. The molecule has 0 radical (unpaired) electrons. The molecule has 0 unspecified atom stereocenters. The number of carbonyl (C=O) groups is 2. The lowest BCUT2D eigenvalue weighted by Gasteiger charge is -2.21. The molecule has 0 spiro atoms. The molecule has 0 atom stereocenters. The van der Waals surface area contributed by atoms with E-state index < -0.39 is 0 Å². The third-order valence-electron chi connectivity index (χ3n) is 4.16. The number of amides is 1. The minimum Gasteiger partial charge on any atom is -0.378 e. The average Bonchev–Trinajstić information content (AvgIpc) is 2.90. The SMILES string of the molecule is CC(=O)c1cc(C(=O)NCCCOC2CCCCC2)n(C)c1. The maximum absolute atomic E-state index is 12.1. The van der Waals surface area contributed by atoms with Gasteiger partial charge in [-0.1, -0.05) is 19.3 Å². The number of rotatable bonds is 7. The summed E-state index contributed by atoms with van der Waals surface area (Å²) in [6.07, 6.45) is 9.12. The number of Topliss-reactive ketones (excluding diaryl/α,β-unsaturated/α-hetero) is 1. The Morgan fingerprint density at radius 1 is 1.32 bits per heavy atom. The summed E-state index contributed by atoms with van der Waals surface area (Å²) in [4.78, 5) is 23.4. The highest BCUT2D eigenvalue weighted by Gasteiger charge is 2.14. The zero-order valence-electron chi connectivity index (χ0n) is 13.6. The van der Waals surface area contributed by atoms with E-state index in [2.05, 4.69) is 5.32 Å². The summed E-state index contributed by atoms with van der Waals surface area (Å²) in [7, 11) is 1.77. The maximum atomic E-state index is 12.1. The Bertz CT molecular complexity index is 516. The summed E-state index contributed by atoms with van der Waals surface area (Å²) >= 11 is 0. The summed E-state index contributed by atoms with van der Waals surface area (Å²) < 4.78 is 7.51. The molecule has 1 aromatic rings. The van der Waals surface area contributed by atoms with Crippen molar-refractivity contribution in [2.24, 2.45) is 7.05 Å². The minimum atomic E-state index is -0.146. The van der Waals surface area contributed by atoms with Gasteiger partial charge >= 0.3 is 0 Å². The Hall–Kier alpha value is -1.62. The molecule has 5 nitrogen and oxygen atoms in total. The summed E-state index contributed by atoms with van der Waals surface area (Å²) in [6, 6.07) is 1.64. The van der Waals surface area contributed by atoms with Crippen LogP contribution in [0.15, 0.2) is 12.3 Å². The molecule has 1 amide bonds. The summed E-state index contributed by atoms with van der Waals surface area (Å²) in [5.41, 5.74) is 1.08. The molecule has 0 aliphatic heterocycles. The van der Waals surface area contributed by atoms with Gasteiger partial charge in [0.15, 0.2) is 5.78 Å².